The average molecular weight is 531 g/mol. The zero-order chi connectivity index (χ0) is 26.9. The maximum atomic E-state index is 13.2. The van der Waals surface area contributed by atoms with Crippen molar-refractivity contribution >= 4 is 11.8 Å². The lowest BCUT2D eigenvalue weighted by Gasteiger charge is -2.49. The second-order valence-electron chi connectivity index (χ2n) is 11.2. The van der Waals surface area contributed by atoms with Crippen LogP contribution in [0.4, 0.5) is 0 Å². The van der Waals surface area contributed by atoms with E-state index in [1.54, 1.807) is 4.90 Å². The SMILES string of the molecule is C=C1CCC(N2Cc3cc(O[C@H]4CN(Cc5ccccc5)CC[C@@H]4N4CC(OCC)C4)ccc3C2=O)C(=O)N1. The summed E-state index contributed by atoms with van der Waals surface area (Å²) < 4.78 is 12.5. The van der Waals surface area contributed by atoms with E-state index in [-0.39, 0.29) is 17.9 Å². The monoisotopic (exact) mass is 530 g/mol. The summed E-state index contributed by atoms with van der Waals surface area (Å²) in [6.45, 7) is 11.7. The molecule has 1 unspecified atom stereocenters. The molecule has 1 N–H and O–H groups in total. The van der Waals surface area contributed by atoms with Crippen molar-refractivity contribution in [3.8, 4) is 5.75 Å². The first kappa shape index (κ1) is 26.0. The lowest BCUT2D eigenvalue weighted by molar-refractivity contribution is -0.126. The number of hydrogen-bond acceptors (Lipinski definition) is 6. The molecule has 3 saturated heterocycles. The van der Waals surface area contributed by atoms with Gasteiger partial charge < -0.3 is 19.7 Å². The Kier molecular flexibility index (Phi) is 7.42. The van der Waals surface area contributed by atoms with Gasteiger partial charge in [0.05, 0.1) is 6.10 Å². The Labute approximate surface area is 230 Å². The predicted molar refractivity (Wildman–Crippen MR) is 148 cm³/mol. The number of nitrogens with zero attached hydrogens (tertiary/aromatic N) is 3. The Balaban J connectivity index is 1.16. The molecule has 8 heteroatoms. The standard InChI is InChI=1S/C31H38N4O4/c1-3-38-25-18-34(19-25)27-13-14-33(16-22-7-5-4-6-8-22)20-29(27)39-24-10-11-26-23(15-24)17-35(31(26)37)28-12-9-21(2)32-30(28)36/h4-8,10-11,15,25,27-29H,2-3,9,12-14,16-20H2,1H3,(H,32,36)/t27-,28?,29-/m0/s1. The maximum Gasteiger partial charge on any atom is 0.255 e. The third-order valence-electron chi connectivity index (χ3n) is 8.50. The van der Waals surface area contributed by atoms with Crippen LogP contribution in [0, 0.1) is 0 Å². The molecule has 0 spiro atoms. The predicted octanol–water partition coefficient (Wildman–Crippen LogP) is 3.18. The molecule has 2 aromatic carbocycles. The van der Waals surface area contributed by atoms with Crippen molar-refractivity contribution in [2.75, 3.05) is 32.8 Å². The van der Waals surface area contributed by atoms with Gasteiger partial charge in [0, 0.05) is 63.2 Å². The van der Waals surface area contributed by atoms with Crippen molar-refractivity contribution < 1.29 is 19.1 Å². The molecule has 0 bridgehead atoms. The van der Waals surface area contributed by atoms with Crippen molar-refractivity contribution in [1.82, 2.24) is 20.0 Å². The number of nitrogens with one attached hydrogen (secondary N) is 1. The number of likely N-dealkylation sites (tertiary alicyclic amines) is 2. The second-order valence-corrected chi connectivity index (χ2v) is 11.2. The van der Waals surface area contributed by atoms with Gasteiger partial charge in [0.2, 0.25) is 5.91 Å². The lowest BCUT2D eigenvalue weighted by atomic mass is 9.95. The molecule has 0 saturated carbocycles. The van der Waals surface area contributed by atoms with E-state index in [1.165, 1.54) is 5.56 Å². The molecule has 2 amide bonds. The summed E-state index contributed by atoms with van der Waals surface area (Å²) in [4.78, 5) is 32.4. The number of amides is 2. The number of hydrogen-bond donors (Lipinski definition) is 1. The van der Waals surface area contributed by atoms with Gasteiger partial charge in [-0.15, -0.1) is 0 Å². The third kappa shape index (κ3) is 5.46. The number of ether oxygens (including phenoxy) is 2. The third-order valence-corrected chi connectivity index (χ3v) is 8.50. The molecule has 4 aliphatic rings. The van der Waals surface area contributed by atoms with Crippen LogP contribution in [0.1, 0.15) is 47.7 Å². The van der Waals surface area contributed by atoms with Crippen LogP contribution in [0.3, 0.4) is 0 Å². The summed E-state index contributed by atoms with van der Waals surface area (Å²) in [6.07, 6.45) is 2.65. The van der Waals surface area contributed by atoms with E-state index in [1.807, 2.05) is 25.1 Å². The molecule has 3 atom stereocenters. The molecule has 3 fully saturated rings. The second kappa shape index (κ2) is 11.1. The zero-order valence-corrected chi connectivity index (χ0v) is 22.7. The van der Waals surface area contributed by atoms with Gasteiger partial charge in [0.25, 0.3) is 5.91 Å². The normalized spacial score (nSPS) is 26.3. The fourth-order valence-corrected chi connectivity index (χ4v) is 6.45. The van der Waals surface area contributed by atoms with Crippen LogP contribution in [0.25, 0.3) is 0 Å². The Bertz CT molecular complexity index is 1230. The minimum absolute atomic E-state index is 0.00595. The molecule has 8 nitrogen and oxygen atoms in total. The molecule has 4 aliphatic heterocycles. The van der Waals surface area contributed by atoms with Gasteiger partial charge in [-0.25, -0.2) is 0 Å². The summed E-state index contributed by atoms with van der Waals surface area (Å²) in [5, 5.41) is 2.81. The molecule has 206 valence electrons. The summed E-state index contributed by atoms with van der Waals surface area (Å²) in [6, 6.07) is 16.2. The van der Waals surface area contributed by atoms with Crippen LogP contribution in [0.2, 0.25) is 0 Å². The first-order valence-corrected chi connectivity index (χ1v) is 14.2. The number of benzene rings is 2. The van der Waals surface area contributed by atoms with Crippen LogP contribution >= 0.6 is 0 Å². The van der Waals surface area contributed by atoms with Crippen molar-refractivity contribution in [1.29, 1.82) is 0 Å². The van der Waals surface area contributed by atoms with Gasteiger partial charge in [0.15, 0.2) is 0 Å². The number of rotatable bonds is 8. The van der Waals surface area contributed by atoms with Gasteiger partial charge in [-0.2, -0.15) is 0 Å². The smallest absolute Gasteiger partial charge is 0.255 e. The van der Waals surface area contributed by atoms with Gasteiger partial charge in [-0.05, 0) is 55.5 Å². The largest absolute Gasteiger partial charge is 0.487 e. The molecule has 6 rings (SSSR count). The molecule has 0 radical (unpaired) electrons. The maximum absolute atomic E-state index is 13.2. The minimum Gasteiger partial charge on any atom is -0.487 e. The Morgan fingerprint density at radius 3 is 2.64 bits per heavy atom. The van der Waals surface area contributed by atoms with E-state index in [0.717, 1.165) is 57.1 Å². The Hall–Kier alpha value is -3.20. The number of carbonyl (C=O) groups excluding carboxylic acids is 2. The Morgan fingerprint density at radius 2 is 1.87 bits per heavy atom. The van der Waals surface area contributed by atoms with Crippen molar-refractivity contribution in [2.24, 2.45) is 0 Å². The van der Waals surface area contributed by atoms with E-state index >= 15 is 0 Å². The average Bonchev–Trinajstić information content (AvgIpc) is 3.22. The highest BCUT2D eigenvalue weighted by Crippen LogP contribution is 2.33. The number of fused-ring (bicyclic) bond motifs is 1. The summed E-state index contributed by atoms with van der Waals surface area (Å²) >= 11 is 0. The van der Waals surface area contributed by atoms with Crippen LogP contribution in [0.15, 0.2) is 60.8 Å². The molecule has 2 aromatic rings. The molecule has 39 heavy (non-hydrogen) atoms. The first-order valence-electron chi connectivity index (χ1n) is 14.2. The molecular weight excluding hydrogens is 492 g/mol. The highest BCUT2D eigenvalue weighted by Gasteiger charge is 2.42. The summed E-state index contributed by atoms with van der Waals surface area (Å²) in [5.74, 6) is 0.548. The number of allylic oxidation sites excluding steroid dienone is 1. The van der Waals surface area contributed by atoms with Crippen LogP contribution in [-0.2, 0) is 22.6 Å². The highest BCUT2D eigenvalue weighted by atomic mass is 16.5. The highest BCUT2D eigenvalue weighted by molar-refractivity contribution is 6.01. The van der Waals surface area contributed by atoms with Gasteiger partial charge in [-0.3, -0.25) is 19.4 Å². The fraction of sp³-hybridized carbons (Fsp3) is 0.484. The van der Waals surface area contributed by atoms with E-state index in [2.05, 4.69) is 52.0 Å². The molecular formula is C31H38N4O4. The zero-order valence-electron chi connectivity index (χ0n) is 22.7. The topological polar surface area (TPSA) is 74.3 Å². The van der Waals surface area contributed by atoms with Crippen LogP contribution in [-0.4, -0.2) is 83.6 Å². The Morgan fingerprint density at radius 1 is 1.05 bits per heavy atom. The summed E-state index contributed by atoms with van der Waals surface area (Å²) in [7, 11) is 0. The fourth-order valence-electron chi connectivity index (χ4n) is 6.45. The van der Waals surface area contributed by atoms with E-state index < -0.39 is 6.04 Å². The van der Waals surface area contributed by atoms with Crippen molar-refractivity contribution in [2.45, 2.75) is 63.6 Å². The van der Waals surface area contributed by atoms with Crippen LogP contribution in [0.5, 0.6) is 5.75 Å². The number of carbonyl (C=O) groups is 2. The lowest BCUT2D eigenvalue weighted by Crippen LogP contribution is -2.64. The van der Waals surface area contributed by atoms with E-state index in [0.29, 0.717) is 42.8 Å². The van der Waals surface area contributed by atoms with Gasteiger partial charge in [-0.1, -0.05) is 36.9 Å². The molecule has 4 heterocycles. The number of piperidine rings is 2. The van der Waals surface area contributed by atoms with Crippen LogP contribution < -0.4 is 10.1 Å². The molecule has 0 aromatic heterocycles. The molecule has 0 aliphatic carbocycles. The van der Waals surface area contributed by atoms with Gasteiger partial charge in [0.1, 0.15) is 17.9 Å². The summed E-state index contributed by atoms with van der Waals surface area (Å²) in [5.41, 5.74) is 3.60. The minimum atomic E-state index is -0.459. The van der Waals surface area contributed by atoms with Crippen molar-refractivity contribution in [3.05, 3.63) is 77.5 Å². The van der Waals surface area contributed by atoms with E-state index in [4.69, 9.17) is 9.47 Å². The van der Waals surface area contributed by atoms with E-state index in [9.17, 15) is 9.59 Å². The first-order chi connectivity index (χ1) is 19.0. The quantitative estimate of drug-likeness (QED) is 0.565. The van der Waals surface area contributed by atoms with Crippen molar-refractivity contribution in [3.63, 3.8) is 0 Å². The van der Waals surface area contributed by atoms with Gasteiger partial charge >= 0.3 is 0 Å².